The maximum absolute atomic E-state index is 6.99. The Labute approximate surface area is 364 Å². The van der Waals surface area contributed by atoms with Gasteiger partial charge in [0.05, 0.1) is 11.2 Å². The molecule has 308 valence electrons. The smallest absolute Gasteiger partial charge is 0.253 e. The van der Waals surface area contributed by atoms with Crippen LogP contribution in [0.25, 0.3) is 33.1 Å². The van der Waals surface area contributed by atoms with Crippen molar-refractivity contribution in [3.63, 3.8) is 0 Å². The largest absolute Gasteiger partial charge is 0.456 e. The topological polar surface area (TPSA) is 19.6 Å². The maximum atomic E-state index is 6.99. The lowest BCUT2D eigenvalue weighted by atomic mass is 9.32. The van der Waals surface area contributed by atoms with Gasteiger partial charge in [-0.2, -0.15) is 0 Å². The Morgan fingerprint density at radius 2 is 1.25 bits per heavy atom. The third kappa shape index (κ3) is 5.30. The maximum Gasteiger partial charge on any atom is 0.253 e. The summed E-state index contributed by atoms with van der Waals surface area (Å²) in [7, 11) is 0. The van der Waals surface area contributed by atoms with E-state index in [1.807, 2.05) is 0 Å². The first-order chi connectivity index (χ1) is 28.8. The predicted molar refractivity (Wildman–Crippen MR) is 262 cm³/mol. The third-order valence-corrected chi connectivity index (χ3v) is 15.7. The number of anilines is 5. The van der Waals surface area contributed by atoms with Crippen molar-refractivity contribution in [1.29, 1.82) is 0 Å². The number of furan rings is 1. The Bertz CT molecular complexity index is 2990. The highest BCUT2D eigenvalue weighted by Gasteiger charge is 2.61. The first kappa shape index (κ1) is 38.7. The van der Waals surface area contributed by atoms with E-state index in [1.54, 1.807) is 5.56 Å². The highest BCUT2D eigenvalue weighted by Crippen LogP contribution is 2.62. The fraction of sp³-hybridized carbons (Fsp3) is 0.368. The molecule has 0 saturated heterocycles. The molecule has 4 aliphatic rings. The van der Waals surface area contributed by atoms with Gasteiger partial charge in [-0.15, -0.1) is 0 Å². The molecule has 0 bridgehead atoms. The van der Waals surface area contributed by atoms with Gasteiger partial charge in [0.25, 0.3) is 6.71 Å². The summed E-state index contributed by atoms with van der Waals surface area (Å²) in [6.45, 7) is 28.6. The minimum absolute atomic E-state index is 0.00588. The quantitative estimate of drug-likeness (QED) is 0.162. The lowest BCUT2D eigenvalue weighted by molar-refractivity contribution is 0.195. The molecule has 1 aliphatic carbocycles. The van der Waals surface area contributed by atoms with E-state index in [2.05, 4.69) is 196 Å². The lowest BCUT2D eigenvalue weighted by Crippen LogP contribution is -2.64. The fourth-order valence-electron chi connectivity index (χ4n) is 12.0. The van der Waals surface area contributed by atoms with E-state index < -0.39 is 0 Å². The zero-order chi connectivity index (χ0) is 42.8. The summed E-state index contributed by atoms with van der Waals surface area (Å²) in [4.78, 5) is 5.52. The van der Waals surface area contributed by atoms with Crippen LogP contribution in [0.15, 0.2) is 108 Å². The molecule has 2 unspecified atom stereocenters. The summed E-state index contributed by atoms with van der Waals surface area (Å²) in [5.74, 6) is 0. The molecule has 4 heterocycles. The summed E-state index contributed by atoms with van der Waals surface area (Å²) >= 11 is 0. The molecule has 4 heteroatoms. The number of aryl methyl sites for hydroxylation is 1. The number of benzene rings is 6. The Balaban J connectivity index is 1.32. The number of hydrogen-bond acceptors (Lipinski definition) is 3. The molecule has 1 fully saturated rings. The van der Waals surface area contributed by atoms with Crippen molar-refractivity contribution in [1.82, 2.24) is 0 Å². The van der Waals surface area contributed by atoms with Crippen LogP contribution in [0.5, 0.6) is 0 Å². The van der Waals surface area contributed by atoms with Crippen molar-refractivity contribution >= 4 is 73.5 Å². The molecule has 7 aromatic rings. The van der Waals surface area contributed by atoms with Crippen LogP contribution in [0.3, 0.4) is 0 Å². The van der Waals surface area contributed by atoms with Crippen LogP contribution >= 0.6 is 0 Å². The lowest BCUT2D eigenvalue weighted by Gasteiger charge is -2.53. The van der Waals surface area contributed by atoms with E-state index in [0.29, 0.717) is 0 Å². The predicted octanol–water partition coefficient (Wildman–Crippen LogP) is 13.8. The molecule has 3 nitrogen and oxygen atoms in total. The van der Waals surface area contributed by atoms with Gasteiger partial charge in [-0.3, -0.25) is 0 Å². The van der Waals surface area contributed by atoms with E-state index >= 15 is 0 Å². The van der Waals surface area contributed by atoms with Crippen LogP contribution < -0.4 is 26.2 Å². The van der Waals surface area contributed by atoms with Crippen molar-refractivity contribution < 1.29 is 4.42 Å². The minimum atomic E-state index is -0.0578. The van der Waals surface area contributed by atoms with Crippen LogP contribution in [0.2, 0.25) is 0 Å². The van der Waals surface area contributed by atoms with Crippen molar-refractivity contribution in [2.45, 2.75) is 136 Å². The first-order valence-corrected chi connectivity index (χ1v) is 22.9. The van der Waals surface area contributed by atoms with E-state index in [4.69, 9.17) is 4.42 Å². The molecule has 0 amide bonds. The third-order valence-electron chi connectivity index (χ3n) is 15.7. The molecule has 6 aromatic carbocycles. The second-order valence-electron chi connectivity index (χ2n) is 22.6. The molecule has 1 saturated carbocycles. The fourth-order valence-corrected chi connectivity index (χ4v) is 12.0. The molecule has 0 radical (unpaired) electrons. The standard InChI is InChI=1S/C57H61BN2O/c1-34-28-45-50-46(29-34)60-52-41(56(11)26-16-17-27-57(56,60)12)31-38(55(8,9)10)32-42(52)58(50)51-44(24-25-47-49(51)39-22-20-37(54(5,6)7)33-48(39)61-47)59(45)43-23-21-36(53(2,3)4)30-40(43)35-18-14-13-15-19-35/h13-15,18-25,28-33H,16-17,26-27H2,1-12H3. The Hall–Kier alpha value is -5.22. The van der Waals surface area contributed by atoms with Gasteiger partial charge in [0.15, 0.2) is 0 Å². The van der Waals surface area contributed by atoms with Gasteiger partial charge in [0.1, 0.15) is 11.2 Å². The van der Waals surface area contributed by atoms with Crippen molar-refractivity contribution in [3.05, 3.63) is 131 Å². The van der Waals surface area contributed by atoms with Gasteiger partial charge in [-0.05, 0) is 135 Å². The zero-order valence-corrected chi connectivity index (χ0v) is 38.5. The first-order valence-electron chi connectivity index (χ1n) is 22.9. The van der Waals surface area contributed by atoms with Gasteiger partial charge >= 0.3 is 0 Å². The molecular formula is C57H61BN2O. The van der Waals surface area contributed by atoms with Gasteiger partial charge < -0.3 is 14.2 Å². The molecule has 1 aromatic heterocycles. The van der Waals surface area contributed by atoms with Crippen LogP contribution in [0.4, 0.5) is 28.4 Å². The summed E-state index contributed by atoms with van der Waals surface area (Å²) in [5.41, 5.74) is 22.1. The van der Waals surface area contributed by atoms with Gasteiger partial charge in [-0.1, -0.05) is 143 Å². The summed E-state index contributed by atoms with van der Waals surface area (Å²) in [6.07, 6.45) is 4.90. The normalized spacial score (nSPS) is 20.6. The highest BCUT2D eigenvalue weighted by molar-refractivity contribution is 7.02. The van der Waals surface area contributed by atoms with E-state index in [9.17, 15) is 0 Å². The summed E-state index contributed by atoms with van der Waals surface area (Å²) < 4.78 is 6.99. The second kappa shape index (κ2) is 12.5. The Morgan fingerprint density at radius 1 is 0.590 bits per heavy atom. The van der Waals surface area contributed by atoms with Crippen LogP contribution in [-0.2, 0) is 21.7 Å². The Kier molecular flexibility index (Phi) is 7.90. The van der Waals surface area contributed by atoms with Crippen molar-refractivity contribution in [2.24, 2.45) is 0 Å². The second-order valence-corrected chi connectivity index (χ2v) is 22.6. The molecule has 0 N–H and O–H groups in total. The van der Waals surface area contributed by atoms with E-state index in [1.165, 1.54) is 115 Å². The van der Waals surface area contributed by atoms with Crippen molar-refractivity contribution in [2.75, 3.05) is 9.80 Å². The van der Waals surface area contributed by atoms with Crippen LogP contribution in [0.1, 0.15) is 130 Å². The molecule has 61 heavy (non-hydrogen) atoms. The van der Waals surface area contributed by atoms with E-state index in [-0.39, 0.29) is 33.9 Å². The van der Waals surface area contributed by atoms with Gasteiger partial charge in [-0.25, -0.2) is 0 Å². The number of rotatable bonds is 2. The molecule has 0 spiro atoms. The number of nitrogens with zero attached hydrogens (tertiary/aromatic N) is 2. The summed E-state index contributed by atoms with van der Waals surface area (Å²) in [6, 6.07) is 40.2. The van der Waals surface area contributed by atoms with Gasteiger partial charge in [0, 0.05) is 44.5 Å². The molecular weight excluding hydrogens is 739 g/mol. The molecule has 3 aliphatic heterocycles. The zero-order valence-electron chi connectivity index (χ0n) is 38.5. The number of fused-ring (bicyclic) bond motifs is 11. The van der Waals surface area contributed by atoms with Gasteiger partial charge in [0.2, 0.25) is 0 Å². The average molecular weight is 801 g/mol. The number of hydrogen-bond donors (Lipinski definition) is 0. The molecule has 11 rings (SSSR count). The van der Waals surface area contributed by atoms with Crippen LogP contribution in [-0.4, -0.2) is 12.3 Å². The van der Waals surface area contributed by atoms with Crippen LogP contribution in [0, 0.1) is 6.92 Å². The van der Waals surface area contributed by atoms with E-state index in [0.717, 1.165) is 11.2 Å². The highest BCUT2D eigenvalue weighted by atomic mass is 16.3. The Morgan fingerprint density at radius 3 is 1.97 bits per heavy atom. The monoisotopic (exact) mass is 800 g/mol. The summed E-state index contributed by atoms with van der Waals surface area (Å²) in [5, 5.41) is 2.44. The van der Waals surface area contributed by atoms with Crippen molar-refractivity contribution in [3.8, 4) is 11.1 Å². The average Bonchev–Trinajstić information content (AvgIpc) is 3.68. The minimum Gasteiger partial charge on any atom is -0.456 e. The molecule has 2 atom stereocenters. The SMILES string of the molecule is Cc1cc2c3c(c1)N1c4c(cc(C(C)(C)C)cc4C4(C)CCCCC14C)B3c1c(ccc3oc4cc(C(C)(C)C)ccc4c13)N2c1ccc(C(C)(C)C)cc1-c1ccccc1.